The fourth-order valence-corrected chi connectivity index (χ4v) is 3.72. The van der Waals surface area contributed by atoms with Gasteiger partial charge in [-0.2, -0.15) is 0 Å². The topological polar surface area (TPSA) is 61.7 Å². The molecule has 0 spiro atoms. The van der Waals surface area contributed by atoms with Crippen molar-refractivity contribution >= 4 is 29.9 Å². The number of halogens is 1. The third-order valence-corrected chi connectivity index (χ3v) is 5.42. The average molecular weight is 523 g/mol. The van der Waals surface area contributed by atoms with Crippen LogP contribution in [0.25, 0.3) is 0 Å². The van der Waals surface area contributed by atoms with E-state index >= 15 is 0 Å². The van der Waals surface area contributed by atoms with Crippen LogP contribution in [-0.4, -0.2) is 48.2 Å². The van der Waals surface area contributed by atoms with Crippen LogP contribution in [0.4, 0.5) is 0 Å². The molecule has 2 aromatic rings. The zero-order chi connectivity index (χ0) is 20.3. The summed E-state index contributed by atoms with van der Waals surface area (Å²) in [6.07, 6.45) is 6.07. The standard InChI is InChI=1S/C23H33N5O.HI/c1-24-23(25-14-6-8-16-28-15-7-5-11-22(28)29)26-21-12-17-27(18-13-21)19-20-9-3-2-4-10-20;/h2-5,7,9-11,15,21H,6,8,12-14,16-19H2,1H3,(H2,24,25,26);1H. The van der Waals surface area contributed by atoms with Crippen LogP contribution in [0.2, 0.25) is 0 Å². The first-order chi connectivity index (χ1) is 14.2. The van der Waals surface area contributed by atoms with E-state index in [4.69, 9.17) is 0 Å². The summed E-state index contributed by atoms with van der Waals surface area (Å²) < 4.78 is 1.76. The highest BCUT2D eigenvalue weighted by atomic mass is 127. The fraction of sp³-hybridized carbons (Fsp3) is 0.478. The first-order valence-electron chi connectivity index (χ1n) is 10.6. The van der Waals surface area contributed by atoms with Crippen molar-refractivity contribution in [3.05, 3.63) is 70.6 Å². The van der Waals surface area contributed by atoms with Crippen molar-refractivity contribution in [1.29, 1.82) is 0 Å². The minimum atomic E-state index is 0. The first-order valence-corrected chi connectivity index (χ1v) is 10.6. The maximum Gasteiger partial charge on any atom is 0.250 e. The molecule has 0 unspecified atom stereocenters. The van der Waals surface area contributed by atoms with Gasteiger partial charge in [-0.25, -0.2) is 0 Å². The molecule has 1 aliphatic heterocycles. The van der Waals surface area contributed by atoms with E-state index in [1.165, 1.54) is 5.56 Å². The molecule has 7 heteroatoms. The number of benzene rings is 1. The van der Waals surface area contributed by atoms with Gasteiger partial charge in [-0.1, -0.05) is 36.4 Å². The van der Waals surface area contributed by atoms with Crippen molar-refractivity contribution in [3.8, 4) is 0 Å². The van der Waals surface area contributed by atoms with E-state index in [1.807, 2.05) is 19.3 Å². The van der Waals surface area contributed by atoms with E-state index in [0.29, 0.717) is 6.04 Å². The molecular weight excluding hydrogens is 489 g/mol. The van der Waals surface area contributed by atoms with E-state index < -0.39 is 0 Å². The molecule has 6 nitrogen and oxygen atoms in total. The number of likely N-dealkylation sites (tertiary alicyclic amines) is 1. The van der Waals surface area contributed by atoms with Gasteiger partial charge in [0.05, 0.1) is 0 Å². The van der Waals surface area contributed by atoms with Crippen molar-refractivity contribution in [1.82, 2.24) is 20.1 Å². The van der Waals surface area contributed by atoms with Crippen LogP contribution in [0.15, 0.2) is 64.5 Å². The minimum absolute atomic E-state index is 0. The smallest absolute Gasteiger partial charge is 0.250 e. The fourth-order valence-electron chi connectivity index (χ4n) is 3.72. The molecule has 0 radical (unpaired) electrons. The van der Waals surface area contributed by atoms with Gasteiger partial charge < -0.3 is 15.2 Å². The van der Waals surface area contributed by atoms with Gasteiger partial charge in [0.1, 0.15) is 0 Å². The van der Waals surface area contributed by atoms with Gasteiger partial charge in [0.2, 0.25) is 5.56 Å². The Morgan fingerprint density at radius 2 is 1.80 bits per heavy atom. The number of aliphatic imine (C=N–C) groups is 1. The molecule has 30 heavy (non-hydrogen) atoms. The molecule has 3 rings (SSSR count). The number of guanidine groups is 1. The van der Waals surface area contributed by atoms with E-state index in [-0.39, 0.29) is 29.5 Å². The number of hydrogen-bond donors (Lipinski definition) is 2. The van der Waals surface area contributed by atoms with Crippen molar-refractivity contribution in [2.24, 2.45) is 4.99 Å². The lowest BCUT2D eigenvalue weighted by Crippen LogP contribution is -2.48. The number of aromatic nitrogens is 1. The third kappa shape index (κ3) is 8.10. The SMILES string of the molecule is CN=C(NCCCCn1ccccc1=O)NC1CCN(Cc2ccccc2)CC1.I. The molecule has 1 aliphatic rings. The number of aryl methyl sites for hydroxylation is 1. The van der Waals surface area contributed by atoms with Crippen LogP contribution >= 0.6 is 24.0 Å². The lowest BCUT2D eigenvalue weighted by molar-refractivity contribution is 0.198. The molecule has 0 bridgehead atoms. The normalized spacial score (nSPS) is 15.4. The van der Waals surface area contributed by atoms with Crippen molar-refractivity contribution in [3.63, 3.8) is 0 Å². The van der Waals surface area contributed by atoms with Gasteiger partial charge in [0, 0.05) is 58.1 Å². The Labute approximate surface area is 196 Å². The van der Waals surface area contributed by atoms with Crippen LogP contribution in [0.1, 0.15) is 31.2 Å². The molecule has 1 fully saturated rings. The Morgan fingerprint density at radius 1 is 1.07 bits per heavy atom. The number of piperidine rings is 1. The average Bonchev–Trinajstić information content (AvgIpc) is 2.76. The molecule has 1 saturated heterocycles. The molecule has 0 saturated carbocycles. The Bertz CT molecular complexity index is 816. The Balaban J connectivity index is 0.00000320. The van der Waals surface area contributed by atoms with Crippen LogP contribution in [-0.2, 0) is 13.1 Å². The number of pyridine rings is 1. The molecule has 1 aromatic carbocycles. The quantitative estimate of drug-likeness (QED) is 0.242. The predicted octanol–water partition coefficient (Wildman–Crippen LogP) is 3.08. The van der Waals surface area contributed by atoms with Gasteiger partial charge in [0.15, 0.2) is 5.96 Å². The minimum Gasteiger partial charge on any atom is -0.356 e. The number of nitrogens with one attached hydrogen (secondary N) is 2. The Morgan fingerprint density at radius 3 is 2.50 bits per heavy atom. The molecular formula is C23H34IN5O. The largest absolute Gasteiger partial charge is 0.356 e. The van der Waals surface area contributed by atoms with E-state index in [2.05, 4.69) is 50.9 Å². The van der Waals surface area contributed by atoms with Crippen molar-refractivity contribution in [2.45, 2.75) is 44.8 Å². The summed E-state index contributed by atoms with van der Waals surface area (Å²) in [5.41, 5.74) is 1.45. The molecule has 0 atom stereocenters. The second-order valence-corrected chi connectivity index (χ2v) is 7.62. The maximum atomic E-state index is 11.7. The zero-order valence-electron chi connectivity index (χ0n) is 17.8. The summed E-state index contributed by atoms with van der Waals surface area (Å²) in [6, 6.07) is 16.4. The van der Waals surface area contributed by atoms with E-state index in [1.54, 1.807) is 16.7 Å². The van der Waals surface area contributed by atoms with E-state index in [0.717, 1.165) is 64.4 Å². The Kier molecular flexibility index (Phi) is 10.9. The third-order valence-electron chi connectivity index (χ3n) is 5.42. The highest BCUT2D eigenvalue weighted by Crippen LogP contribution is 2.13. The number of rotatable bonds is 8. The summed E-state index contributed by atoms with van der Waals surface area (Å²) in [4.78, 5) is 18.6. The summed E-state index contributed by atoms with van der Waals surface area (Å²) in [5, 5.41) is 6.97. The highest BCUT2D eigenvalue weighted by Gasteiger charge is 2.19. The van der Waals surface area contributed by atoms with Crippen LogP contribution < -0.4 is 16.2 Å². The molecule has 0 aliphatic carbocycles. The molecule has 2 heterocycles. The molecule has 1 aromatic heterocycles. The van der Waals surface area contributed by atoms with Crippen LogP contribution in [0, 0.1) is 0 Å². The zero-order valence-corrected chi connectivity index (χ0v) is 20.1. The maximum absolute atomic E-state index is 11.7. The number of hydrogen-bond acceptors (Lipinski definition) is 3. The summed E-state index contributed by atoms with van der Waals surface area (Å²) >= 11 is 0. The predicted molar refractivity (Wildman–Crippen MR) is 135 cm³/mol. The monoisotopic (exact) mass is 523 g/mol. The van der Waals surface area contributed by atoms with E-state index in [9.17, 15) is 4.79 Å². The summed E-state index contributed by atoms with van der Waals surface area (Å²) in [5.74, 6) is 0.878. The molecule has 0 amide bonds. The van der Waals surface area contributed by atoms with Crippen LogP contribution in [0.5, 0.6) is 0 Å². The van der Waals surface area contributed by atoms with Gasteiger partial charge in [0.25, 0.3) is 0 Å². The molecule has 2 N–H and O–H groups in total. The van der Waals surface area contributed by atoms with Gasteiger partial charge in [-0.3, -0.25) is 14.7 Å². The number of unbranched alkanes of at least 4 members (excludes halogenated alkanes) is 1. The van der Waals surface area contributed by atoms with Gasteiger partial charge >= 0.3 is 0 Å². The number of nitrogens with zero attached hydrogens (tertiary/aromatic N) is 3. The second kappa shape index (κ2) is 13.4. The molecule has 164 valence electrons. The van der Waals surface area contributed by atoms with Gasteiger partial charge in [-0.05, 0) is 37.3 Å². The summed E-state index contributed by atoms with van der Waals surface area (Å²) in [7, 11) is 1.82. The highest BCUT2D eigenvalue weighted by molar-refractivity contribution is 14.0. The lowest BCUT2D eigenvalue weighted by atomic mass is 10.0. The summed E-state index contributed by atoms with van der Waals surface area (Å²) in [6.45, 7) is 4.86. The second-order valence-electron chi connectivity index (χ2n) is 7.62. The van der Waals surface area contributed by atoms with Crippen LogP contribution in [0.3, 0.4) is 0 Å². The van der Waals surface area contributed by atoms with Crippen molar-refractivity contribution < 1.29 is 0 Å². The van der Waals surface area contributed by atoms with Crippen molar-refractivity contribution in [2.75, 3.05) is 26.7 Å². The lowest BCUT2D eigenvalue weighted by Gasteiger charge is -2.33. The first kappa shape index (κ1) is 24.4. The van der Waals surface area contributed by atoms with Gasteiger partial charge in [-0.15, -0.1) is 24.0 Å². The Hall–Kier alpha value is -1.87.